The van der Waals surface area contributed by atoms with E-state index in [0.717, 1.165) is 11.1 Å². The second-order valence-electron chi connectivity index (χ2n) is 5.83. The van der Waals surface area contributed by atoms with Gasteiger partial charge in [0.2, 0.25) is 0 Å². The quantitative estimate of drug-likeness (QED) is 0.780. The molecular formula is C19H17F3N2O3. The van der Waals surface area contributed by atoms with Gasteiger partial charge >= 0.3 is 6.36 Å². The summed E-state index contributed by atoms with van der Waals surface area (Å²) in [6.45, 7) is 6.99. The molecule has 0 unspecified atom stereocenters. The maximum atomic E-state index is 12.3. The highest BCUT2D eigenvalue weighted by molar-refractivity contribution is 6.02. The summed E-state index contributed by atoms with van der Waals surface area (Å²) in [5, 5.41) is 2.30. The highest BCUT2D eigenvalue weighted by Gasteiger charge is 2.31. The minimum atomic E-state index is -4.77. The van der Waals surface area contributed by atoms with Gasteiger partial charge in [0.1, 0.15) is 5.75 Å². The van der Waals surface area contributed by atoms with Crippen LogP contribution < -0.4 is 15.8 Å². The second kappa shape index (κ2) is 7.53. The molecule has 2 aromatic rings. The first-order valence-electron chi connectivity index (χ1n) is 7.75. The molecule has 3 N–H and O–H groups in total. The molecule has 5 nitrogen and oxygen atoms in total. The number of primary amides is 1. The number of nitrogens with one attached hydrogen (secondary N) is 1. The number of rotatable bonds is 5. The molecule has 2 rings (SSSR count). The zero-order chi connectivity index (χ0) is 20.4. The van der Waals surface area contributed by atoms with E-state index in [1.807, 2.05) is 6.92 Å². The second-order valence-corrected chi connectivity index (χ2v) is 5.83. The van der Waals surface area contributed by atoms with E-state index < -0.39 is 18.2 Å². The number of aryl methyl sites for hydroxylation is 1. The summed E-state index contributed by atoms with van der Waals surface area (Å²) >= 11 is 0. The van der Waals surface area contributed by atoms with Crippen LogP contribution in [0.3, 0.4) is 0 Å². The average Bonchev–Trinajstić information content (AvgIpc) is 2.56. The molecule has 0 saturated heterocycles. The van der Waals surface area contributed by atoms with Crippen LogP contribution in [0.25, 0.3) is 11.1 Å². The number of benzene rings is 2. The maximum absolute atomic E-state index is 12.3. The number of ether oxygens (including phenoxy) is 1. The van der Waals surface area contributed by atoms with Crippen molar-refractivity contribution in [3.05, 3.63) is 65.4 Å². The van der Waals surface area contributed by atoms with Gasteiger partial charge in [-0.15, -0.1) is 13.2 Å². The van der Waals surface area contributed by atoms with Crippen molar-refractivity contribution in [1.29, 1.82) is 0 Å². The van der Waals surface area contributed by atoms with E-state index in [0.29, 0.717) is 11.1 Å². The van der Waals surface area contributed by atoms with Crippen molar-refractivity contribution in [2.45, 2.75) is 20.2 Å². The predicted molar refractivity (Wildman–Crippen MR) is 93.8 cm³/mol. The van der Waals surface area contributed by atoms with Crippen LogP contribution in [-0.2, 0) is 4.79 Å². The van der Waals surface area contributed by atoms with Crippen molar-refractivity contribution < 1.29 is 27.5 Å². The molecule has 2 amide bonds. The van der Waals surface area contributed by atoms with Gasteiger partial charge in [-0.3, -0.25) is 9.59 Å². The number of hydrogen-bond donors (Lipinski definition) is 2. The average molecular weight is 378 g/mol. The van der Waals surface area contributed by atoms with E-state index in [1.54, 1.807) is 19.1 Å². The number of carbonyl (C=O) groups is 2. The summed E-state index contributed by atoms with van der Waals surface area (Å²) in [5.74, 6) is -1.76. The zero-order valence-electron chi connectivity index (χ0n) is 14.6. The lowest BCUT2D eigenvalue weighted by molar-refractivity contribution is -0.274. The first-order valence-corrected chi connectivity index (χ1v) is 7.75. The van der Waals surface area contributed by atoms with Gasteiger partial charge in [-0.25, -0.2) is 0 Å². The molecule has 0 heterocycles. The molecule has 0 fully saturated rings. The molecule has 0 spiro atoms. The maximum Gasteiger partial charge on any atom is 0.573 e. The lowest BCUT2D eigenvalue weighted by atomic mass is 9.94. The van der Waals surface area contributed by atoms with Gasteiger partial charge < -0.3 is 15.8 Å². The number of alkyl halides is 3. The Kier molecular flexibility index (Phi) is 5.58. The summed E-state index contributed by atoms with van der Waals surface area (Å²) < 4.78 is 40.7. The number of nitrogens with two attached hydrogens (primary N) is 1. The fourth-order valence-electron chi connectivity index (χ4n) is 2.40. The first kappa shape index (κ1) is 20.0. The summed E-state index contributed by atoms with van der Waals surface area (Å²) in [6, 6.07) is 8.52. The molecule has 0 radical (unpaired) electrons. The highest BCUT2D eigenvalue weighted by Crippen LogP contribution is 2.30. The standard InChI is InChI=1S/C19H17F3N2O3/c1-10-8-14(18(26)24-12(3)17(23)25)9-16(11(10)2)13-4-6-15(7-5-13)27-19(20,21)22/h4-9H,3H2,1-2H3,(H2,23,25)(H,24,26). The topological polar surface area (TPSA) is 81.4 Å². The SMILES string of the molecule is C=C(NC(=O)c1cc(C)c(C)c(-c2ccc(OC(F)(F)F)cc2)c1)C(N)=O. The van der Waals surface area contributed by atoms with Gasteiger partial charge in [0.05, 0.1) is 5.70 Å². The van der Waals surface area contributed by atoms with Crippen LogP contribution in [0.4, 0.5) is 13.2 Å². The van der Waals surface area contributed by atoms with Gasteiger partial charge in [0, 0.05) is 5.56 Å². The van der Waals surface area contributed by atoms with Gasteiger partial charge in [-0.05, 0) is 60.4 Å². The van der Waals surface area contributed by atoms with Gasteiger partial charge in [0.15, 0.2) is 0 Å². The van der Waals surface area contributed by atoms with Crippen molar-refractivity contribution in [2.75, 3.05) is 0 Å². The first-order chi connectivity index (χ1) is 12.5. The Balaban J connectivity index is 2.37. The van der Waals surface area contributed by atoms with Crippen LogP contribution in [0.1, 0.15) is 21.5 Å². The van der Waals surface area contributed by atoms with Crippen molar-refractivity contribution in [1.82, 2.24) is 5.32 Å². The Bertz CT molecular complexity index is 904. The number of amides is 2. The molecule has 0 aliphatic heterocycles. The van der Waals surface area contributed by atoms with E-state index in [9.17, 15) is 22.8 Å². The van der Waals surface area contributed by atoms with Crippen molar-refractivity contribution in [2.24, 2.45) is 5.73 Å². The number of hydrogen-bond acceptors (Lipinski definition) is 3. The normalized spacial score (nSPS) is 11.0. The third kappa shape index (κ3) is 5.10. The van der Waals surface area contributed by atoms with Crippen molar-refractivity contribution >= 4 is 11.8 Å². The van der Waals surface area contributed by atoms with E-state index in [-0.39, 0.29) is 17.0 Å². The third-order valence-corrected chi connectivity index (χ3v) is 3.89. The number of halogens is 3. The molecule has 0 aromatic heterocycles. The molecular weight excluding hydrogens is 361 g/mol. The zero-order valence-corrected chi connectivity index (χ0v) is 14.6. The monoisotopic (exact) mass is 378 g/mol. The lowest BCUT2D eigenvalue weighted by Crippen LogP contribution is -2.30. The molecule has 0 bridgehead atoms. The largest absolute Gasteiger partial charge is 0.573 e. The molecule has 0 atom stereocenters. The fraction of sp³-hybridized carbons (Fsp3) is 0.158. The molecule has 0 aliphatic rings. The molecule has 0 saturated carbocycles. The minimum Gasteiger partial charge on any atom is -0.406 e. The highest BCUT2D eigenvalue weighted by atomic mass is 19.4. The molecule has 27 heavy (non-hydrogen) atoms. The van der Waals surface area contributed by atoms with Gasteiger partial charge in [-0.2, -0.15) is 0 Å². The minimum absolute atomic E-state index is 0.242. The van der Waals surface area contributed by atoms with Crippen molar-refractivity contribution in [3.63, 3.8) is 0 Å². The Morgan fingerprint density at radius 3 is 2.22 bits per heavy atom. The summed E-state index contributed by atoms with van der Waals surface area (Å²) in [6.07, 6.45) is -4.77. The van der Waals surface area contributed by atoms with E-state index in [4.69, 9.17) is 5.73 Å². The van der Waals surface area contributed by atoms with Crippen LogP contribution in [0, 0.1) is 13.8 Å². The van der Waals surface area contributed by atoms with Gasteiger partial charge in [0.25, 0.3) is 11.8 Å². The Hall–Kier alpha value is -3.29. The van der Waals surface area contributed by atoms with Gasteiger partial charge in [-0.1, -0.05) is 18.7 Å². The fourth-order valence-corrected chi connectivity index (χ4v) is 2.40. The number of carbonyl (C=O) groups excluding carboxylic acids is 2. The van der Waals surface area contributed by atoms with E-state index in [1.165, 1.54) is 24.3 Å². The van der Waals surface area contributed by atoms with Crippen LogP contribution in [-0.4, -0.2) is 18.2 Å². The van der Waals surface area contributed by atoms with Crippen LogP contribution in [0.2, 0.25) is 0 Å². The molecule has 8 heteroatoms. The lowest BCUT2D eigenvalue weighted by Gasteiger charge is -2.14. The Morgan fingerprint density at radius 1 is 1.11 bits per heavy atom. The van der Waals surface area contributed by atoms with Crippen LogP contribution in [0.15, 0.2) is 48.7 Å². The Labute approximate surface area is 153 Å². The predicted octanol–water partition coefficient (Wildman–Crippen LogP) is 3.60. The molecule has 142 valence electrons. The molecule has 0 aliphatic carbocycles. The van der Waals surface area contributed by atoms with Crippen LogP contribution in [0.5, 0.6) is 5.75 Å². The Morgan fingerprint density at radius 2 is 1.70 bits per heavy atom. The summed E-state index contributed by atoms with van der Waals surface area (Å²) in [4.78, 5) is 23.3. The van der Waals surface area contributed by atoms with E-state index >= 15 is 0 Å². The van der Waals surface area contributed by atoms with Crippen molar-refractivity contribution in [3.8, 4) is 16.9 Å². The smallest absolute Gasteiger partial charge is 0.406 e. The third-order valence-electron chi connectivity index (χ3n) is 3.89. The summed E-state index contributed by atoms with van der Waals surface area (Å²) in [7, 11) is 0. The summed E-state index contributed by atoms with van der Waals surface area (Å²) in [5.41, 5.74) is 7.97. The van der Waals surface area contributed by atoms with E-state index in [2.05, 4.69) is 16.6 Å². The van der Waals surface area contributed by atoms with Crippen LogP contribution >= 0.6 is 0 Å². The molecule has 2 aromatic carbocycles.